The number of carbonyl (C=O) groups is 1. The van der Waals surface area contributed by atoms with Crippen molar-refractivity contribution in [2.45, 2.75) is 12.5 Å². The Morgan fingerprint density at radius 2 is 2.05 bits per heavy atom. The van der Waals surface area contributed by atoms with Crippen molar-refractivity contribution in [2.24, 2.45) is 0 Å². The number of rotatable bonds is 3. The number of likely N-dealkylation sites (N-methyl/N-ethyl adjacent to an activating group) is 1. The summed E-state index contributed by atoms with van der Waals surface area (Å²) in [6.45, 7) is 1.88. The van der Waals surface area contributed by atoms with Crippen LogP contribution in [0.5, 0.6) is 0 Å². The van der Waals surface area contributed by atoms with Crippen molar-refractivity contribution in [3.05, 3.63) is 46.3 Å². The monoisotopic (exact) mass is 320 g/mol. The topological polar surface area (TPSA) is 32.3 Å². The Morgan fingerprint density at radius 3 is 2.71 bits per heavy atom. The van der Waals surface area contributed by atoms with E-state index in [9.17, 15) is 4.79 Å². The Kier molecular flexibility index (Phi) is 4.29. The molecule has 3 nitrogen and oxygen atoms in total. The fraction of sp³-hybridized carbons (Fsp3) is 0.312. The lowest BCUT2D eigenvalue weighted by Gasteiger charge is -2.22. The second kappa shape index (κ2) is 6.18. The van der Waals surface area contributed by atoms with Crippen LogP contribution in [0.15, 0.2) is 36.4 Å². The zero-order valence-corrected chi connectivity index (χ0v) is 13.4. The number of hydrogen-bond acceptors (Lipinski definition) is 3. The third-order valence-corrected chi connectivity index (χ3v) is 5.22. The van der Waals surface area contributed by atoms with Gasteiger partial charge in [0.25, 0.3) is 5.91 Å². The summed E-state index contributed by atoms with van der Waals surface area (Å²) in [6, 6.07) is 11.9. The lowest BCUT2D eigenvalue weighted by Crippen LogP contribution is -2.37. The van der Waals surface area contributed by atoms with Crippen molar-refractivity contribution in [3.63, 3.8) is 0 Å². The molecule has 1 N–H and O–H groups in total. The summed E-state index contributed by atoms with van der Waals surface area (Å²) >= 11 is 7.44. The molecule has 5 heteroatoms. The summed E-state index contributed by atoms with van der Waals surface area (Å²) in [5.41, 5.74) is 1.09. The van der Waals surface area contributed by atoms with E-state index in [2.05, 4.69) is 5.32 Å². The molecule has 3 rings (SSSR count). The number of amides is 1. The van der Waals surface area contributed by atoms with Crippen LogP contribution in [-0.2, 0) is 0 Å². The number of carbonyl (C=O) groups excluding carboxylic acids is 1. The molecule has 1 aromatic carbocycles. The highest BCUT2D eigenvalue weighted by Gasteiger charge is 2.24. The molecule has 0 radical (unpaired) electrons. The maximum atomic E-state index is 12.5. The molecule has 0 aliphatic carbocycles. The standard InChI is InChI=1S/C16H17ClN2OS/c1-19(13-8-9-18-10-13)16(20)15-7-6-14(21-15)11-2-4-12(17)5-3-11/h2-7,13,18H,8-10H2,1H3. The van der Waals surface area contributed by atoms with E-state index in [0.717, 1.165) is 39.9 Å². The van der Waals surface area contributed by atoms with Gasteiger partial charge in [-0.15, -0.1) is 11.3 Å². The summed E-state index contributed by atoms with van der Waals surface area (Å²) in [7, 11) is 1.89. The maximum absolute atomic E-state index is 12.5. The van der Waals surface area contributed by atoms with Gasteiger partial charge in [0.1, 0.15) is 0 Å². The van der Waals surface area contributed by atoms with E-state index in [1.54, 1.807) is 0 Å². The first-order valence-corrected chi connectivity index (χ1v) is 8.18. The summed E-state index contributed by atoms with van der Waals surface area (Å²) in [5.74, 6) is 0.105. The number of benzene rings is 1. The molecule has 110 valence electrons. The number of nitrogens with one attached hydrogen (secondary N) is 1. The highest BCUT2D eigenvalue weighted by atomic mass is 35.5. The van der Waals surface area contributed by atoms with Crippen LogP contribution in [0.4, 0.5) is 0 Å². The normalized spacial score (nSPS) is 17.9. The smallest absolute Gasteiger partial charge is 0.263 e. The number of thiophene rings is 1. The molecule has 0 saturated carbocycles. The van der Waals surface area contributed by atoms with Gasteiger partial charge in [-0.25, -0.2) is 0 Å². The first-order valence-electron chi connectivity index (χ1n) is 6.99. The Balaban J connectivity index is 1.77. The molecule has 0 spiro atoms. The van der Waals surface area contributed by atoms with E-state index in [1.807, 2.05) is 48.3 Å². The number of hydrogen-bond donors (Lipinski definition) is 1. The molecule has 1 aliphatic heterocycles. The highest BCUT2D eigenvalue weighted by molar-refractivity contribution is 7.17. The van der Waals surface area contributed by atoms with Crippen LogP contribution in [-0.4, -0.2) is 37.0 Å². The zero-order chi connectivity index (χ0) is 14.8. The first-order chi connectivity index (χ1) is 10.1. The SMILES string of the molecule is CN(C(=O)c1ccc(-c2ccc(Cl)cc2)s1)C1CCNC1. The molecule has 1 saturated heterocycles. The van der Waals surface area contributed by atoms with Crippen molar-refractivity contribution in [1.82, 2.24) is 10.2 Å². The van der Waals surface area contributed by atoms with Gasteiger partial charge in [-0.05, 0) is 42.8 Å². The van der Waals surface area contributed by atoms with Crippen molar-refractivity contribution >= 4 is 28.8 Å². The lowest BCUT2D eigenvalue weighted by atomic mass is 10.2. The van der Waals surface area contributed by atoms with Gasteiger partial charge < -0.3 is 10.2 Å². The van der Waals surface area contributed by atoms with E-state index in [1.165, 1.54) is 11.3 Å². The molecule has 1 aromatic heterocycles. The quantitative estimate of drug-likeness (QED) is 0.938. The van der Waals surface area contributed by atoms with Crippen molar-refractivity contribution < 1.29 is 4.79 Å². The van der Waals surface area contributed by atoms with Crippen LogP contribution in [0, 0.1) is 0 Å². The Bertz CT molecular complexity index is 632. The van der Waals surface area contributed by atoms with Gasteiger partial charge in [-0.1, -0.05) is 23.7 Å². The van der Waals surface area contributed by atoms with Gasteiger partial charge in [0.15, 0.2) is 0 Å². The van der Waals surface area contributed by atoms with Crippen LogP contribution in [0.3, 0.4) is 0 Å². The molecule has 0 bridgehead atoms. The van der Waals surface area contributed by atoms with E-state index < -0.39 is 0 Å². The maximum Gasteiger partial charge on any atom is 0.263 e. The van der Waals surface area contributed by atoms with Crippen LogP contribution in [0.25, 0.3) is 10.4 Å². The molecular formula is C16H17ClN2OS. The minimum absolute atomic E-state index is 0.105. The highest BCUT2D eigenvalue weighted by Crippen LogP contribution is 2.30. The summed E-state index contributed by atoms with van der Waals surface area (Å²) in [6.07, 6.45) is 1.03. The average molecular weight is 321 g/mol. The van der Waals surface area contributed by atoms with Crippen molar-refractivity contribution in [3.8, 4) is 10.4 Å². The second-order valence-corrected chi connectivity index (χ2v) is 6.75. The molecule has 2 aromatic rings. The van der Waals surface area contributed by atoms with Gasteiger partial charge in [0.05, 0.1) is 4.88 Å². The van der Waals surface area contributed by atoms with E-state index in [0.29, 0.717) is 6.04 Å². The number of nitrogens with zero attached hydrogens (tertiary/aromatic N) is 1. The summed E-state index contributed by atoms with van der Waals surface area (Å²) in [5, 5.41) is 4.02. The molecular weight excluding hydrogens is 304 g/mol. The zero-order valence-electron chi connectivity index (χ0n) is 11.8. The van der Waals surface area contributed by atoms with Crippen LogP contribution in [0.2, 0.25) is 5.02 Å². The minimum Gasteiger partial charge on any atom is -0.337 e. The largest absolute Gasteiger partial charge is 0.337 e. The molecule has 1 amide bonds. The predicted molar refractivity (Wildman–Crippen MR) is 88.1 cm³/mol. The minimum atomic E-state index is 0.105. The Hall–Kier alpha value is -1.36. The third-order valence-electron chi connectivity index (χ3n) is 3.85. The predicted octanol–water partition coefficient (Wildman–Crippen LogP) is 3.50. The fourth-order valence-electron chi connectivity index (χ4n) is 2.53. The van der Waals surface area contributed by atoms with E-state index in [-0.39, 0.29) is 5.91 Å². The summed E-state index contributed by atoms with van der Waals surface area (Å²) < 4.78 is 0. The average Bonchev–Trinajstić information content (AvgIpc) is 3.18. The molecule has 1 fully saturated rings. The van der Waals surface area contributed by atoms with E-state index in [4.69, 9.17) is 11.6 Å². The van der Waals surface area contributed by atoms with Crippen LogP contribution >= 0.6 is 22.9 Å². The van der Waals surface area contributed by atoms with Crippen LogP contribution < -0.4 is 5.32 Å². The van der Waals surface area contributed by atoms with Gasteiger partial charge in [-0.3, -0.25) is 4.79 Å². The molecule has 2 heterocycles. The Morgan fingerprint density at radius 1 is 1.29 bits per heavy atom. The van der Waals surface area contributed by atoms with Gasteiger partial charge in [-0.2, -0.15) is 0 Å². The van der Waals surface area contributed by atoms with Gasteiger partial charge in [0, 0.05) is 29.5 Å². The van der Waals surface area contributed by atoms with Crippen LogP contribution in [0.1, 0.15) is 16.1 Å². The number of halogens is 1. The second-order valence-electron chi connectivity index (χ2n) is 5.23. The molecule has 1 aliphatic rings. The van der Waals surface area contributed by atoms with Gasteiger partial charge in [0.2, 0.25) is 0 Å². The Labute approximate surface area is 133 Å². The van der Waals surface area contributed by atoms with Gasteiger partial charge >= 0.3 is 0 Å². The fourth-order valence-corrected chi connectivity index (χ4v) is 3.65. The molecule has 21 heavy (non-hydrogen) atoms. The lowest BCUT2D eigenvalue weighted by molar-refractivity contribution is 0.0748. The molecule has 1 atom stereocenters. The summed E-state index contributed by atoms with van der Waals surface area (Å²) in [4.78, 5) is 16.3. The van der Waals surface area contributed by atoms with Crippen molar-refractivity contribution in [2.75, 3.05) is 20.1 Å². The first kappa shape index (κ1) is 14.6. The molecule has 1 unspecified atom stereocenters. The van der Waals surface area contributed by atoms with E-state index >= 15 is 0 Å². The third kappa shape index (κ3) is 3.12. The van der Waals surface area contributed by atoms with Crippen molar-refractivity contribution in [1.29, 1.82) is 0 Å².